The van der Waals surface area contributed by atoms with Crippen LogP contribution in [0, 0.1) is 0 Å². The lowest BCUT2D eigenvalue weighted by Crippen LogP contribution is -2.40. The first-order valence-electron chi connectivity index (χ1n) is 7.31. The summed E-state index contributed by atoms with van der Waals surface area (Å²) in [7, 11) is -3.55. The Labute approximate surface area is 146 Å². The van der Waals surface area contributed by atoms with Crippen molar-refractivity contribution in [2.45, 2.75) is 26.4 Å². The highest BCUT2D eigenvalue weighted by atomic mass is 79.9. The second-order valence-corrected chi connectivity index (χ2v) is 8.20. The average molecular weight is 407 g/mol. The summed E-state index contributed by atoms with van der Waals surface area (Å²) >= 11 is 3.30. The summed E-state index contributed by atoms with van der Waals surface area (Å²) in [4.78, 5) is 12.0. The van der Waals surface area contributed by atoms with Crippen LogP contribution >= 0.6 is 15.9 Å². The maximum Gasteiger partial charge on any atom is 0.240 e. The number of carbonyl (C=O) groups is 1. The number of anilines is 1. The number of nitrogens with zero attached hydrogens (tertiary/aromatic N) is 1. The molecule has 0 aliphatic heterocycles. The predicted molar refractivity (Wildman–Crippen MR) is 95.0 cm³/mol. The van der Waals surface area contributed by atoms with Gasteiger partial charge >= 0.3 is 0 Å². The fraction of sp³-hybridized carbons (Fsp3) is 0.533. The van der Waals surface area contributed by atoms with E-state index in [9.17, 15) is 13.2 Å². The van der Waals surface area contributed by atoms with Gasteiger partial charge in [-0.1, -0.05) is 22.0 Å². The molecule has 130 valence electrons. The van der Waals surface area contributed by atoms with Crippen molar-refractivity contribution >= 4 is 37.5 Å². The van der Waals surface area contributed by atoms with Gasteiger partial charge in [-0.05, 0) is 38.5 Å². The van der Waals surface area contributed by atoms with E-state index in [0.29, 0.717) is 25.3 Å². The third kappa shape index (κ3) is 7.81. The normalized spacial score (nSPS) is 11.5. The lowest BCUT2D eigenvalue weighted by atomic mass is 10.3. The summed E-state index contributed by atoms with van der Waals surface area (Å²) in [6.45, 7) is 4.64. The number of hydrogen-bond acceptors (Lipinski definition) is 4. The van der Waals surface area contributed by atoms with E-state index in [2.05, 4.69) is 21.2 Å². The molecular weight excluding hydrogens is 384 g/mol. The highest BCUT2D eigenvalue weighted by molar-refractivity contribution is 9.10. The molecule has 0 fully saturated rings. The number of hydrogen-bond donors (Lipinski definition) is 1. The average Bonchev–Trinajstić information content (AvgIpc) is 2.42. The Balaban J connectivity index is 2.60. The number of ether oxygens (including phenoxy) is 1. The zero-order valence-corrected chi connectivity index (χ0v) is 16.0. The molecule has 0 bridgehead atoms. The molecule has 0 spiro atoms. The molecule has 23 heavy (non-hydrogen) atoms. The van der Waals surface area contributed by atoms with Crippen LogP contribution in [0.2, 0.25) is 0 Å². The molecule has 1 aromatic carbocycles. The number of rotatable bonds is 9. The third-order valence-electron chi connectivity index (χ3n) is 2.88. The number of benzene rings is 1. The van der Waals surface area contributed by atoms with E-state index in [-0.39, 0.29) is 18.6 Å². The maximum absolute atomic E-state index is 12.0. The van der Waals surface area contributed by atoms with E-state index >= 15 is 0 Å². The van der Waals surface area contributed by atoms with Crippen LogP contribution in [0.3, 0.4) is 0 Å². The van der Waals surface area contributed by atoms with Gasteiger partial charge in [0, 0.05) is 17.6 Å². The first-order valence-corrected chi connectivity index (χ1v) is 9.96. The summed E-state index contributed by atoms with van der Waals surface area (Å²) < 4.78 is 31.1. The van der Waals surface area contributed by atoms with E-state index < -0.39 is 10.0 Å². The van der Waals surface area contributed by atoms with Crippen LogP contribution in [-0.2, 0) is 19.6 Å². The molecule has 8 heteroatoms. The molecule has 1 rings (SSSR count). The summed E-state index contributed by atoms with van der Waals surface area (Å²) in [5, 5.41) is 2.71. The summed E-state index contributed by atoms with van der Waals surface area (Å²) in [6.07, 6.45) is 1.92. The topological polar surface area (TPSA) is 75.7 Å². The quantitative estimate of drug-likeness (QED) is 0.637. The molecule has 0 atom stereocenters. The molecule has 0 saturated heterocycles. The van der Waals surface area contributed by atoms with Crippen molar-refractivity contribution in [1.82, 2.24) is 5.32 Å². The van der Waals surface area contributed by atoms with Gasteiger partial charge in [-0.25, -0.2) is 8.42 Å². The van der Waals surface area contributed by atoms with Gasteiger partial charge < -0.3 is 10.1 Å². The van der Waals surface area contributed by atoms with E-state index in [4.69, 9.17) is 4.74 Å². The van der Waals surface area contributed by atoms with Gasteiger partial charge in [0.1, 0.15) is 6.54 Å². The number of halogens is 1. The zero-order valence-electron chi connectivity index (χ0n) is 13.6. The number of carbonyl (C=O) groups excluding carboxylic acids is 1. The summed E-state index contributed by atoms with van der Waals surface area (Å²) in [6, 6.07) is 6.82. The summed E-state index contributed by atoms with van der Waals surface area (Å²) in [5.41, 5.74) is 0.445. The Kier molecular flexibility index (Phi) is 8.01. The highest BCUT2D eigenvalue weighted by Crippen LogP contribution is 2.21. The molecule has 6 nitrogen and oxygen atoms in total. The highest BCUT2D eigenvalue weighted by Gasteiger charge is 2.20. The molecule has 0 saturated carbocycles. The van der Waals surface area contributed by atoms with Crippen LogP contribution in [0.4, 0.5) is 5.69 Å². The minimum absolute atomic E-state index is 0.156. The van der Waals surface area contributed by atoms with Crippen molar-refractivity contribution < 1.29 is 17.9 Å². The van der Waals surface area contributed by atoms with E-state index in [1.165, 1.54) is 0 Å². The van der Waals surface area contributed by atoms with Crippen LogP contribution in [0.5, 0.6) is 0 Å². The van der Waals surface area contributed by atoms with Gasteiger partial charge in [0.25, 0.3) is 0 Å². The van der Waals surface area contributed by atoms with Crippen LogP contribution in [0.15, 0.2) is 28.7 Å². The maximum atomic E-state index is 12.0. The molecule has 1 aromatic rings. The SMILES string of the molecule is CC(C)OCCCNC(=O)CN(c1cccc(Br)c1)S(C)(=O)=O. The Morgan fingerprint density at radius 1 is 1.39 bits per heavy atom. The Morgan fingerprint density at radius 2 is 2.09 bits per heavy atom. The molecule has 1 N–H and O–H groups in total. The molecule has 0 radical (unpaired) electrons. The first kappa shape index (κ1) is 19.9. The van der Waals surface area contributed by atoms with Crippen LogP contribution in [-0.4, -0.2) is 46.4 Å². The lowest BCUT2D eigenvalue weighted by molar-refractivity contribution is -0.119. The minimum Gasteiger partial charge on any atom is -0.379 e. The standard InChI is InChI=1S/C15H23BrN2O4S/c1-12(2)22-9-5-8-17-15(19)11-18(23(3,20)21)14-7-4-6-13(16)10-14/h4,6-7,10,12H,5,8-9,11H2,1-3H3,(H,17,19). The van der Waals surface area contributed by atoms with Crippen molar-refractivity contribution in [3.63, 3.8) is 0 Å². The van der Waals surface area contributed by atoms with Crippen molar-refractivity contribution in [3.8, 4) is 0 Å². The van der Waals surface area contributed by atoms with Crippen molar-refractivity contribution in [2.75, 3.05) is 30.3 Å². The van der Waals surface area contributed by atoms with Gasteiger partial charge in [0.05, 0.1) is 18.0 Å². The van der Waals surface area contributed by atoms with Gasteiger partial charge in [-0.15, -0.1) is 0 Å². The Bertz CT molecular complexity index is 620. The van der Waals surface area contributed by atoms with Crippen LogP contribution in [0.1, 0.15) is 20.3 Å². The lowest BCUT2D eigenvalue weighted by Gasteiger charge is -2.22. The molecule has 0 aromatic heterocycles. The van der Waals surface area contributed by atoms with Gasteiger partial charge in [-0.2, -0.15) is 0 Å². The molecule has 0 heterocycles. The van der Waals surface area contributed by atoms with Crippen LogP contribution in [0.25, 0.3) is 0 Å². The van der Waals surface area contributed by atoms with Gasteiger partial charge in [-0.3, -0.25) is 9.10 Å². The number of sulfonamides is 1. The van der Waals surface area contributed by atoms with Crippen molar-refractivity contribution in [1.29, 1.82) is 0 Å². The third-order valence-corrected chi connectivity index (χ3v) is 4.51. The second-order valence-electron chi connectivity index (χ2n) is 5.37. The number of nitrogens with one attached hydrogen (secondary N) is 1. The van der Waals surface area contributed by atoms with Crippen molar-refractivity contribution in [2.24, 2.45) is 0 Å². The fourth-order valence-corrected chi connectivity index (χ4v) is 3.07. The molecule has 1 amide bonds. The number of amides is 1. The Morgan fingerprint density at radius 3 is 2.65 bits per heavy atom. The molecule has 0 aliphatic carbocycles. The first-order chi connectivity index (χ1) is 10.7. The van der Waals surface area contributed by atoms with Crippen LogP contribution < -0.4 is 9.62 Å². The van der Waals surface area contributed by atoms with Gasteiger partial charge in [0.15, 0.2) is 0 Å². The van der Waals surface area contributed by atoms with Crippen molar-refractivity contribution in [3.05, 3.63) is 28.7 Å². The van der Waals surface area contributed by atoms with Gasteiger partial charge in [0.2, 0.25) is 15.9 Å². The smallest absolute Gasteiger partial charge is 0.240 e. The predicted octanol–water partition coefficient (Wildman–Crippen LogP) is 2.15. The molecule has 0 unspecified atom stereocenters. The zero-order chi connectivity index (χ0) is 17.5. The summed E-state index contributed by atoms with van der Waals surface area (Å²) in [5.74, 6) is -0.347. The molecule has 0 aliphatic rings. The largest absolute Gasteiger partial charge is 0.379 e. The monoisotopic (exact) mass is 406 g/mol. The van der Waals surface area contributed by atoms with E-state index in [1.54, 1.807) is 24.3 Å². The fourth-order valence-electron chi connectivity index (χ4n) is 1.84. The van der Waals surface area contributed by atoms with E-state index in [0.717, 1.165) is 15.0 Å². The molecular formula is C15H23BrN2O4S. The second kappa shape index (κ2) is 9.24. The van der Waals surface area contributed by atoms with E-state index in [1.807, 2.05) is 13.8 Å². The minimum atomic E-state index is -3.55. The Hall–Kier alpha value is -1.12.